The van der Waals surface area contributed by atoms with E-state index in [2.05, 4.69) is 5.32 Å². The fraction of sp³-hybridized carbons (Fsp3) is 0.562. The van der Waals surface area contributed by atoms with Crippen LogP contribution in [0.25, 0.3) is 0 Å². The Kier molecular flexibility index (Phi) is 5.57. The molecule has 1 aromatic rings. The summed E-state index contributed by atoms with van der Waals surface area (Å²) in [6, 6.07) is 7.82. The standard InChI is InChI=1S/C16H26N2O2/c1-11(17)9-13-7-6-8-14(10-13)20-12(2)15(19)18-16(3,4)5/h6-8,10-12H,9,17H2,1-5H3,(H,18,19). The van der Waals surface area contributed by atoms with E-state index in [1.165, 1.54) is 0 Å². The number of carbonyl (C=O) groups is 1. The van der Waals surface area contributed by atoms with Crippen LogP contribution in [0.3, 0.4) is 0 Å². The SMILES string of the molecule is CC(N)Cc1cccc(OC(C)C(=O)NC(C)(C)C)c1. The number of nitrogens with one attached hydrogen (secondary N) is 1. The predicted molar refractivity (Wildman–Crippen MR) is 81.8 cm³/mol. The van der Waals surface area contributed by atoms with Crippen molar-refractivity contribution >= 4 is 5.91 Å². The summed E-state index contributed by atoms with van der Waals surface area (Å²) >= 11 is 0. The molecule has 20 heavy (non-hydrogen) atoms. The Hall–Kier alpha value is -1.55. The van der Waals surface area contributed by atoms with E-state index in [1.807, 2.05) is 52.0 Å². The average Bonchev–Trinajstić information content (AvgIpc) is 2.26. The van der Waals surface area contributed by atoms with Gasteiger partial charge in [-0.05, 0) is 58.7 Å². The molecule has 0 aromatic heterocycles. The predicted octanol–water partition coefficient (Wildman–Crippen LogP) is 2.26. The Balaban J connectivity index is 2.66. The quantitative estimate of drug-likeness (QED) is 0.868. The highest BCUT2D eigenvalue weighted by molar-refractivity contribution is 5.81. The Morgan fingerprint density at radius 1 is 1.35 bits per heavy atom. The third kappa shape index (κ3) is 6.06. The molecule has 0 aliphatic carbocycles. The van der Waals surface area contributed by atoms with Crippen molar-refractivity contribution in [1.29, 1.82) is 0 Å². The van der Waals surface area contributed by atoms with Crippen LogP contribution < -0.4 is 15.8 Å². The summed E-state index contributed by atoms with van der Waals surface area (Å²) in [5, 5.41) is 2.90. The van der Waals surface area contributed by atoms with E-state index in [1.54, 1.807) is 6.92 Å². The monoisotopic (exact) mass is 278 g/mol. The average molecular weight is 278 g/mol. The van der Waals surface area contributed by atoms with E-state index in [0.29, 0.717) is 5.75 Å². The van der Waals surface area contributed by atoms with Crippen molar-refractivity contribution in [3.63, 3.8) is 0 Å². The van der Waals surface area contributed by atoms with Gasteiger partial charge >= 0.3 is 0 Å². The molecule has 112 valence electrons. The number of rotatable bonds is 5. The molecule has 4 heteroatoms. The van der Waals surface area contributed by atoms with Gasteiger partial charge < -0.3 is 15.8 Å². The van der Waals surface area contributed by atoms with Crippen LogP contribution in [0, 0.1) is 0 Å². The van der Waals surface area contributed by atoms with Gasteiger partial charge in [-0.2, -0.15) is 0 Å². The van der Waals surface area contributed by atoms with Gasteiger partial charge in [0.2, 0.25) is 0 Å². The van der Waals surface area contributed by atoms with Gasteiger partial charge in [0.05, 0.1) is 0 Å². The molecule has 4 nitrogen and oxygen atoms in total. The van der Waals surface area contributed by atoms with Crippen LogP contribution in [0.4, 0.5) is 0 Å². The molecule has 0 saturated heterocycles. The fourth-order valence-electron chi connectivity index (χ4n) is 1.85. The Bertz CT molecular complexity index is 450. The number of hydrogen-bond acceptors (Lipinski definition) is 3. The van der Waals surface area contributed by atoms with Crippen molar-refractivity contribution in [2.24, 2.45) is 5.73 Å². The van der Waals surface area contributed by atoms with E-state index in [9.17, 15) is 4.79 Å². The van der Waals surface area contributed by atoms with Crippen LogP contribution in [0.15, 0.2) is 24.3 Å². The molecule has 1 rings (SSSR count). The van der Waals surface area contributed by atoms with Crippen molar-refractivity contribution in [3.8, 4) is 5.75 Å². The van der Waals surface area contributed by atoms with Gasteiger partial charge in [0.15, 0.2) is 6.10 Å². The lowest BCUT2D eigenvalue weighted by Gasteiger charge is -2.23. The van der Waals surface area contributed by atoms with Crippen molar-refractivity contribution in [2.75, 3.05) is 0 Å². The molecule has 0 radical (unpaired) electrons. The Labute approximate surface area is 121 Å². The summed E-state index contributed by atoms with van der Waals surface area (Å²) in [6.07, 6.45) is 0.263. The topological polar surface area (TPSA) is 64.3 Å². The third-order valence-electron chi connectivity index (χ3n) is 2.64. The van der Waals surface area contributed by atoms with E-state index in [4.69, 9.17) is 10.5 Å². The van der Waals surface area contributed by atoms with Crippen molar-refractivity contribution in [3.05, 3.63) is 29.8 Å². The number of hydrogen-bond donors (Lipinski definition) is 2. The Morgan fingerprint density at radius 2 is 2.00 bits per heavy atom. The second-order valence-corrected chi connectivity index (χ2v) is 6.33. The zero-order valence-corrected chi connectivity index (χ0v) is 13.1. The lowest BCUT2D eigenvalue weighted by atomic mass is 10.1. The summed E-state index contributed by atoms with van der Waals surface area (Å²) in [7, 11) is 0. The molecule has 0 fully saturated rings. The minimum atomic E-state index is -0.528. The normalized spacial score (nSPS) is 14.5. The van der Waals surface area contributed by atoms with Gasteiger partial charge in [-0.3, -0.25) is 4.79 Å². The molecule has 0 aliphatic rings. The van der Waals surface area contributed by atoms with Crippen LogP contribution in [-0.4, -0.2) is 23.6 Å². The molecule has 0 heterocycles. The molecule has 0 bridgehead atoms. The number of benzene rings is 1. The molecule has 1 aromatic carbocycles. The highest BCUT2D eigenvalue weighted by Crippen LogP contribution is 2.16. The minimum absolute atomic E-state index is 0.104. The smallest absolute Gasteiger partial charge is 0.261 e. The second-order valence-electron chi connectivity index (χ2n) is 6.33. The molecule has 2 atom stereocenters. The second kappa shape index (κ2) is 6.75. The van der Waals surface area contributed by atoms with Gasteiger partial charge in [0.1, 0.15) is 5.75 Å². The first-order valence-electron chi connectivity index (χ1n) is 7.00. The first kappa shape index (κ1) is 16.5. The molecule has 0 spiro atoms. The van der Waals surface area contributed by atoms with Crippen LogP contribution in [0.1, 0.15) is 40.2 Å². The van der Waals surface area contributed by atoms with Crippen molar-refractivity contribution in [1.82, 2.24) is 5.32 Å². The van der Waals surface area contributed by atoms with Crippen LogP contribution in [0.5, 0.6) is 5.75 Å². The lowest BCUT2D eigenvalue weighted by molar-refractivity contribution is -0.128. The van der Waals surface area contributed by atoms with Crippen LogP contribution in [-0.2, 0) is 11.2 Å². The zero-order chi connectivity index (χ0) is 15.3. The molecule has 0 saturated carbocycles. The molecule has 2 unspecified atom stereocenters. The van der Waals surface area contributed by atoms with Gasteiger partial charge in [-0.15, -0.1) is 0 Å². The number of ether oxygens (including phenoxy) is 1. The molecule has 0 aliphatic heterocycles. The number of carbonyl (C=O) groups excluding carboxylic acids is 1. The first-order chi connectivity index (χ1) is 9.17. The Morgan fingerprint density at radius 3 is 2.55 bits per heavy atom. The van der Waals surface area contributed by atoms with Crippen LogP contribution >= 0.6 is 0 Å². The summed E-state index contributed by atoms with van der Waals surface area (Å²) in [5.74, 6) is 0.579. The summed E-state index contributed by atoms with van der Waals surface area (Å²) in [5.41, 5.74) is 6.64. The summed E-state index contributed by atoms with van der Waals surface area (Å²) in [4.78, 5) is 12.0. The lowest BCUT2D eigenvalue weighted by Crippen LogP contribution is -2.46. The van der Waals surface area contributed by atoms with E-state index < -0.39 is 6.10 Å². The third-order valence-corrected chi connectivity index (χ3v) is 2.64. The maximum absolute atomic E-state index is 12.0. The first-order valence-corrected chi connectivity index (χ1v) is 7.00. The van der Waals surface area contributed by atoms with Crippen LogP contribution in [0.2, 0.25) is 0 Å². The van der Waals surface area contributed by atoms with E-state index in [-0.39, 0.29) is 17.5 Å². The van der Waals surface area contributed by atoms with Gasteiger partial charge in [0.25, 0.3) is 5.91 Å². The van der Waals surface area contributed by atoms with E-state index >= 15 is 0 Å². The number of nitrogens with two attached hydrogens (primary N) is 1. The van der Waals surface area contributed by atoms with Crippen molar-refractivity contribution in [2.45, 2.75) is 58.7 Å². The van der Waals surface area contributed by atoms with Crippen molar-refractivity contribution < 1.29 is 9.53 Å². The largest absolute Gasteiger partial charge is 0.481 e. The summed E-state index contributed by atoms with van der Waals surface area (Å²) in [6.45, 7) is 9.55. The molecular weight excluding hydrogens is 252 g/mol. The molecule has 3 N–H and O–H groups in total. The highest BCUT2D eigenvalue weighted by Gasteiger charge is 2.20. The molecular formula is C16H26N2O2. The zero-order valence-electron chi connectivity index (χ0n) is 13.1. The fourth-order valence-corrected chi connectivity index (χ4v) is 1.85. The number of amides is 1. The highest BCUT2D eigenvalue weighted by atomic mass is 16.5. The van der Waals surface area contributed by atoms with Gasteiger partial charge in [-0.1, -0.05) is 12.1 Å². The van der Waals surface area contributed by atoms with Gasteiger partial charge in [-0.25, -0.2) is 0 Å². The minimum Gasteiger partial charge on any atom is -0.481 e. The molecule has 1 amide bonds. The van der Waals surface area contributed by atoms with Gasteiger partial charge in [0, 0.05) is 11.6 Å². The van der Waals surface area contributed by atoms with E-state index in [0.717, 1.165) is 12.0 Å². The summed E-state index contributed by atoms with van der Waals surface area (Å²) < 4.78 is 5.69. The maximum atomic E-state index is 12.0. The maximum Gasteiger partial charge on any atom is 0.261 e.